The van der Waals surface area contributed by atoms with Crippen molar-refractivity contribution in [1.82, 2.24) is 19.4 Å². The average Bonchev–Trinajstić information content (AvgIpc) is 3.22. The summed E-state index contributed by atoms with van der Waals surface area (Å²) in [6, 6.07) is 8.41. The molecule has 0 aliphatic carbocycles. The Kier molecular flexibility index (Phi) is 7.90. The molecule has 3 aromatic rings. The molecular weight excluding hydrogens is 424 g/mol. The number of allylic oxidation sites excluding steroid dienone is 1. The number of aromatic amines is 1. The standard InChI is InChI=1S/C20H23BrN4.CH3Cl/c1-5-7-16-19(6-2)25(11-10-24(3)4)20(23-16)18-12-14-8-9-15(21)13-17(14)22-18;1-2/h5-9,12-13,22H,2,10-11H2,1,3-4H3;1H3/b7-5-;. The largest absolute Gasteiger partial charge is 0.352 e. The number of hydrogen-bond acceptors (Lipinski definition) is 2. The number of H-pyrrole nitrogens is 1. The number of hydrogen-bond donors (Lipinski definition) is 1. The van der Waals surface area contributed by atoms with Crippen LogP contribution in [0.25, 0.3) is 34.6 Å². The van der Waals surface area contributed by atoms with E-state index in [1.807, 2.05) is 25.2 Å². The molecule has 0 bridgehead atoms. The summed E-state index contributed by atoms with van der Waals surface area (Å²) in [6.07, 6.45) is 7.41. The lowest BCUT2D eigenvalue weighted by atomic mass is 10.2. The summed E-state index contributed by atoms with van der Waals surface area (Å²) in [7, 11) is 4.16. The number of fused-ring (bicyclic) bond motifs is 1. The molecule has 0 atom stereocenters. The lowest BCUT2D eigenvalue weighted by Crippen LogP contribution is -2.19. The summed E-state index contributed by atoms with van der Waals surface area (Å²) < 4.78 is 3.30. The zero-order valence-corrected chi connectivity index (χ0v) is 18.6. The molecule has 6 heteroatoms. The van der Waals surface area contributed by atoms with E-state index in [9.17, 15) is 0 Å². The summed E-state index contributed by atoms with van der Waals surface area (Å²) >= 11 is 8.17. The van der Waals surface area contributed by atoms with Gasteiger partial charge in [-0.3, -0.25) is 0 Å². The third-order valence-electron chi connectivity index (χ3n) is 4.15. The van der Waals surface area contributed by atoms with E-state index in [4.69, 9.17) is 4.98 Å². The van der Waals surface area contributed by atoms with Crippen molar-refractivity contribution in [2.24, 2.45) is 0 Å². The first-order valence-electron chi connectivity index (χ1n) is 8.70. The maximum Gasteiger partial charge on any atom is 0.157 e. The van der Waals surface area contributed by atoms with Gasteiger partial charge in [0.15, 0.2) is 5.82 Å². The van der Waals surface area contributed by atoms with Gasteiger partial charge in [-0.2, -0.15) is 0 Å². The van der Waals surface area contributed by atoms with Crippen LogP contribution in [0.2, 0.25) is 0 Å². The molecule has 1 aromatic carbocycles. The summed E-state index contributed by atoms with van der Waals surface area (Å²) in [5.74, 6) is 0.942. The maximum atomic E-state index is 4.88. The highest BCUT2D eigenvalue weighted by Crippen LogP contribution is 2.28. The minimum Gasteiger partial charge on any atom is -0.352 e. The van der Waals surface area contributed by atoms with Crippen LogP contribution in [0, 0.1) is 0 Å². The van der Waals surface area contributed by atoms with Crippen molar-refractivity contribution in [3.8, 4) is 11.5 Å². The molecule has 2 heterocycles. The number of alkyl halides is 1. The molecule has 144 valence electrons. The minimum absolute atomic E-state index is 0.854. The van der Waals surface area contributed by atoms with Crippen LogP contribution < -0.4 is 0 Å². The summed E-state index contributed by atoms with van der Waals surface area (Å²) in [5.41, 5.74) is 4.12. The van der Waals surface area contributed by atoms with Gasteiger partial charge in [-0.1, -0.05) is 34.7 Å². The Morgan fingerprint density at radius 2 is 2.04 bits per heavy atom. The number of halogens is 2. The second kappa shape index (κ2) is 9.93. The van der Waals surface area contributed by atoms with Crippen LogP contribution in [0.5, 0.6) is 0 Å². The number of aromatic nitrogens is 3. The molecule has 0 saturated heterocycles. The number of nitrogens with one attached hydrogen (secondary N) is 1. The van der Waals surface area contributed by atoms with E-state index in [0.717, 1.165) is 46.0 Å². The molecule has 0 radical (unpaired) electrons. The van der Waals surface area contributed by atoms with Crippen LogP contribution in [0.1, 0.15) is 18.3 Å². The molecule has 0 amide bonds. The molecule has 3 rings (SSSR count). The predicted molar refractivity (Wildman–Crippen MR) is 122 cm³/mol. The molecule has 0 aliphatic heterocycles. The van der Waals surface area contributed by atoms with Gasteiger partial charge in [-0.05, 0) is 51.4 Å². The normalized spacial score (nSPS) is 11.2. The van der Waals surface area contributed by atoms with Crippen molar-refractivity contribution in [3.05, 3.63) is 52.8 Å². The number of benzene rings is 1. The Morgan fingerprint density at radius 1 is 1.30 bits per heavy atom. The van der Waals surface area contributed by atoms with Gasteiger partial charge in [0.1, 0.15) is 0 Å². The van der Waals surface area contributed by atoms with Crippen molar-refractivity contribution in [2.75, 3.05) is 27.0 Å². The van der Waals surface area contributed by atoms with Gasteiger partial charge in [0.25, 0.3) is 0 Å². The Balaban J connectivity index is 0.00000126. The fourth-order valence-corrected chi connectivity index (χ4v) is 3.29. The first kappa shape index (κ1) is 21.5. The van der Waals surface area contributed by atoms with Crippen LogP contribution in [0.4, 0.5) is 0 Å². The van der Waals surface area contributed by atoms with E-state index in [1.165, 1.54) is 11.8 Å². The number of likely N-dealkylation sites (N-methyl/N-ethyl adjacent to an activating group) is 1. The van der Waals surface area contributed by atoms with Gasteiger partial charge in [0.2, 0.25) is 0 Å². The number of nitrogens with zero attached hydrogens (tertiary/aromatic N) is 3. The monoisotopic (exact) mass is 448 g/mol. The molecular formula is C21H26BrClN4. The van der Waals surface area contributed by atoms with Crippen molar-refractivity contribution in [1.29, 1.82) is 0 Å². The first-order chi connectivity index (χ1) is 13.0. The second-order valence-electron chi connectivity index (χ2n) is 6.28. The van der Waals surface area contributed by atoms with Crippen LogP contribution >= 0.6 is 27.5 Å². The summed E-state index contributed by atoms with van der Waals surface area (Å²) in [4.78, 5) is 10.6. The fraction of sp³-hybridized carbons (Fsp3) is 0.286. The van der Waals surface area contributed by atoms with Crippen LogP contribution in [-0.2, 0) is 6.54 Å². The molecule has 0 spiro atoms. The van der Waals surface area contributed by atoms with E-state index < -0.39 is 0 Å². The molecule has 27 heavy (non-hydrogen) atoms. The van der Waals surface area contributed by atoms with Gasteiger partial charge in [0, 0.05) is 34.8 Å². The second-order valence-corrected chi connectivity index (χ2v) is 7.20. The topological polar surface area (TPSA) is 36.9 Å². The Labute approximate surface area is 174 Å². The SMILES string of the molecule is C=Cc1c(/C=C\C)nc(-c2cc3ccc(Br)cc3[nH]2)n1CCN(C)C.CCl. The van der Waals surface area contributed by atoms with Crippen LogP contribution in [0.15, 0.2) is 41.4 Å². The minimum atomic E-state index is 0.854. The third-order valence-corrected chi connectivity index (χ3v) is 4.64. The zero-order valence-electron chi connectivity index (χ0n) is 16.3. The van der Waals surface area contributed by atoms with Crippen molar-refractivity contribution < 1.29 is 0 Å². The molecule has 4 nitrogen and oxygen atoms in total. The van der Waals surface area contributed by atoms with Crippen LogP contribution in [-0.4, -0.2) is 46.5 Å². The lowest BCUT2D eigenvalue weighted by Gasteiger charge is -2.13. The molecule has 0 fully saturated rings. The Morgan fingerprint density at radius 3 is 2.67 bits per heavy atom. The van der Waals surface area contributed by atoms with Gasteiger partial charge >= 0.3 is 0 Å². The van der Waals surface area contributed by atoms with Gasteiger partial charge in [-0.15, -0.1) is 11.6 Å². The van der Waals surface area contributed by atoms with E-state index in [1.54, 1.807) is 0 Å². The molecule has 2 aromatic heterocycles. The van der Waals surface area contributed by atoms with Gasteiger partial charge in [-0.25, -0.2) is 4.98 Å². The first-order valence-corrected chi connectivity index (χ1v) is 10.2. The van der Waals surface area contributed by atoms with Crippen molar-refractivity contribution >= 4 is 50.6 Å². The van der Waals surface area contributed by atoms with E-state index in [0.29, 0.717) is 0 Å². The number of imidazole rings is 1. The number of rotatable bonds is 6. The smallest absolute Gasteiger partial charge is 0.157 e. The van der Waals surface area contributed by atoms with Crippen molar-refractivity contribution in [3.63, 3.8) is 0 Å². The van der Waals surface area contributed by atoms with E-state index >= 15 is 0 Å². The Bertz CT molecular complexity index is 937. The molecule has 0 unspecified atom stereocenters. The molecule has 1 N–H and O–H groups in total. The Hall–Kier alpha value is -1.82. The third kappa shape index (κ3) is 4.92. The van der Waals surface area contributed by atoms with Gasteiger partial charge in [0.05, 0.1) is 17.1 Å². The summed E-state index contributed by atoms with van der Waals surface area (Å²) in [5, 5.41) is 1.17. The quantitative estimate of drug-likeness (QED) is 0.477. The highest BCUT2D eigenvalue weighted by molar-refractivity contribution is 9.10. The van der Waals surface area contributed by atoms with Crippen molar-refractivity contribution in [2.45, 2.75) is 13.5 Å². The van der Waals surface area contributed by atoms with E-state index in [-0.39, 0.29) is 0 Å². The zero-order chi connectivity index (χ0) is 20.0. The maximum absolute atomic E-state index is 4.88. The molecule has 0 saturated carbocycles. The predicted octanol–water partition coefficient (Wildman–Crippen LogP) is 5.89. The lowest BCUT2D eigenvalue weighted by molar-refractivity contribution is 0.384. The fourth-order valence-electron chi connectivity index (χ4n) is 2.93. The van der Waals surface area contributed by atoms with Crippen LogP contribution in [0.3, 0.4) is 0 Å². The van der Waals surface area contributed by atoms with Gasteiger partial charge < -0.3 is 14.5 Å². The highest BCUT2D eigenvalue weighted by atomic mass is 79.9. The average molecular weight is 450 g/mol. The summed E-state index contributed by atoms with van der Waals surface area (Å²) in [6.45, 7) is 7.79. The highest BCUT2D eigenvalue weighted by Gasteiger charge is 2.17. The van der Waals surface area contributed by atoms with E-state index in [2.05, 4.69) is 86.9 Å². The molecule has 0 aliphatic rings.